The van der Waals surface area contributed by atoms with E-state index in [0.717, 1.165) is 18.4 Å². The van der Waals surface area contributed by atoms with E-state index < -0.39 is 29.1 Å². The Morgan fingerprint density at radius 1 is 1.23 bits per heavy atom. The Balaban J connectivity index is 1.52. The molecular formula is C24H20F3N5O3. The normalized spacial score (nSPS) is 15.8. The highest BCUT2D eigenvalue weighted by Gasteiger charge is 2.57. The summed E-state index contributed by atoms with van der Waals surface area (Å²) in [5, 5.41) is 2.81. The standard InChI is InChI=1S/C24H20F3N5O3/c1-12-10-13(6-7-14(12)19(28)33)30-22-29-11-16(24(25,26)27)20(31-22)35-17-5-3-4-15-18(17)21(34)32(2)23(15)8-9-23/h3-7,10-11H,8-9H2,1-2H3,(H2,28,33)(H,29,30,31). The zero-order chi connectivity index (χ0) is 25.1. The second-order valence-corrected chi connectivity index (χ2v) is 8.61. The molecule has 3 aromatic rings. The fourth-order valence-electron chi connectivity index (χ4n) is 4.44. The van der Waals surface area contributed by atoms with Crippen LogP contribution in [0.1, 0.15) is 50.2 Å². The maximum Gasteiger partial charge on any atom is 0.423 e. The SMILES string of the molecule is Cc1cc(Nc2ncc(C(F)(F)F)c(Oc3cccc4c3C(=O)N(C)C43CC3)n2)ccc1C(N)=O. The number of carbonyl (C=O) groups excluding carboxylic acids is 2. The van der Waals surface area contributed by atoms with Crippen molar-refractivity contribution in [2.45, 2.75) is 31.5 Å². The fraction of sp³-hybridized carbons (Fsp3) is 0.250. The van der Waals surface area contributed by atoms with E-state index in [1.54, 1.807) is 37.1 Å². The van der Waals surface area contributed by atoms with Crippen LogP contribution in [0.15, 0.2) is 42.6 Å². The predicted molar refractivity (Wildman–Crippen MR) is 120 cm³/mol. The van der Waals surface area contributed by atoms with Crippen molar-refractivity contribution >= 4 is 23.5 Å². The number of nitrogens with two attached hydrogens (primary N) is 1. The number of anilines is 2. The molecule has 5 rings (SSSR count). The van der Waals surface area contributed by atoms with E-state index in [-0.39, 0.29) is 23.2 Å². The number of hydrogen-bond donors (Lipinski definition) is 2. The van der Waals surface area contributed by atoms with Gasteiger partial charge in [-0.3, -0.25) is 9.59 Å². The maximum atomic E-state index is 13.7. The van der Waals surface area contributed by atoms with Gasteiger partial charge in [0.2, 0.25) is 17.7 Å². The number of primary amides is 1. The van der Waals surface area contributed by atoms with Crippen molar-refractivity contribution in [1.82, 2.24) is 14.9 Å². The summed E-state index contributed by atoms with van der Waals surface area (Å²) < 4.78 is 46.8. The first-order valence-corrected chi connectivity index (χ1v) is 10.7. The largest absolute Gasteiger partial charge is 0.437 e. The van der Waals surface area contributed by atoms with Crippen molar-refractivity contribution in [2.24, 2.45) is 5.73 Å². The van der Waals surface area contributed by atoms with Crippen LogP contribution < -0.4 is 15.8 Å². The number of amides is 2. The Hall–Kier alpha value is -4.15. The van der Waals surface area contributed by atoms with Crippen LogP contribution in [0.4, 0.5) is 24.8 Å². The zero-order valence-electron chi connectivity index (χ0n) is 18.7. The van der Waals surface area contributed by atoms with Gasteiger partial charge in [-0.1, -0.05) is 12.1 Å². The molecule has 0 saturated heterocycles. The van der Waals surface area contributed by atoms with E-state index >= 15 is 0 Å². The minimum atomic E-state index is -4.79. The van der Waals surface area contributed by atoms with E-state index in [1.807, 2.05) is 0 Å². The number of fused-ring (bicyclic) bond motifs is 2. The molecule has 2 amide bonds. The molecule has 0 atom stereocenters. The molecule has 180 valence electrons. The summed E-state index contributed by atoms with van der Waals surface area (Å²) in [4.78, 5) is 33.7. The molecule has 1 fully saturated rings. The van der Waals surface area contributed by atoms with E-state index in [4.69, 9.17) is 10.5 Å². The van der Waals surface area contributed by atoms with Crippen LogP contribution in [0, 0.1) is 6.92 Å². The van der Waals surface area contributed by atoms with Gasteiger partial charge in [0.05, 0.1) is 11.1 Å². The third kappa shape index (κ3) is 3.72. The number of nitrogens with zero attached hydrogens (tertiary/aromatic N) is 3. The van der Waals surface area contributed by atoms with Gasteiger partial charge in [-0.25, -0.2) is 4.98 Å². The molecule has 1 spiro atoms. The monoisotopic (exact) mass is 483 g/mol. The van der Waals surface area contributed by atoms with Crippen molar-refractivity contribution in [3.8, 4) is 11.6 Å². The summed E-state index contributed by atoms with van der Waals surface area (Å²) in [6.45, 7) is 1.67. The first-order valence-electron chi connectivity index (χ1n) is 10.7. The molecule has 0 unspecified atom stereocenters. The number of aryl methyl sites for hydroxylation is 1. The second-order valence-electron chi connectivity index (χ2n) is 8.61. The van der Waals surface area contributed by atoms with Crippen LogP contribution in [-0.2, 0) is 11.7 Å². The van der Waals surface area contributed by atoms with E-state index in [0.29, 0.717) is 23.0 Å². The molecule has 0 radical (unpaired) electrons. The Kier molecular flexibility index (Phi) is 4.97. The fourth-order valence-corrected chi connectivity index (χ4v) is 4.44. The summed E-state index contributed by atoms with van der Waals surface area (Å²) in [5.41, 5.74) is 6.03. The topological polar surface area (TPSA) is 110 Å². The van der Waals surface area contributed by atoms with Crippen molar-refractivity contribution in [3.63, 3.8) is 0 Å². The predicted octanol–water partition coefficient (Wildman–Crippen LogP) is 4.51. The number of carbonyl (C=O) groups is 2. The van der Waals surface area contributed by atoms with Gasteiger partial charge >= 0.3 is 6.18 Å². The third-order valence-corrected chi connectivity index (χ3v) is 6.43. The first-order chi connectivity index (χ1) is 16.5. The van der Waals surface area contributed by atoms with E-state index in [1.165, 1.54) is 18.2 Å². The average Bonchev–Trinajstić information content (AvgIpc) is 3.55. The number of hydrogen-bond acceptors (Lipinski definition) is 6. The van der Waals surface area contributed by atoms with Gasteiger partial charge < -0.3 is 20.7 Å². The van der Waals surface area contributed by atoms with Crippen molar-refractivity contribution in [2.75, 3.05) is 12.4 Å². The van der Waals surface area contributed by atoms with Gasteiger partial charge in [-0.15, -0.1) is 0 Å². The lowest BCUT2D eigenvalue weighted by Gasteiger charge is -2.18. The van der Waals surface area contributed by atoms with Crippen LogP contribution in [-0.4, -0.2) is 33.7 Å². The third-order valence-electron chi connectivity index (χ3n) is 6.43. The van der Waals surface area contributed by atoms with Crippen LogP contribution in [0.5, 0.6) is 11.6 Å². The quantitative estimate of drug-likeness (QED) is 0.553. The minimum Gasteiger partial charge on any atom is -0.437 e. The molecule has 1 saturated carbocycles. The molecule has 1 aromatic heterocycles. The Morgan fingerprint density at radius 2 is 1.97 bits per heavy atom. The number of benzene rings is 2. The summed E-state index contributed by atoms with van der Waals surface area (Å²) in [6.07, 6.45) is -2.59. The van der Waals surface area contributed by atoms with Crippen LogP contribution >= 0.6 is 0 Å². The Labute approximate surface area is 197 Å². The zero-order valence-corrected chi connectivity index (χ0v) is 18.7. The second kappa shape index (κ2) is 7.69. The van der Waals surface area contributed by atoms with Gasteiger partial charge in [0.25, 0.3) is 5.91 Å². The lowest BCUT2D eigenvalue weighted by Crippen LogP contribution is -2.28. The van der Waals surface area contributed by atoms with Crippen LogP contribution in [0.2, 0.25) is 0 Å². The summed E-state index contributed by atoms with van der Waals surface area (Å²) in [6, 6.07) is 9.51. The lowest BCUT2D eigenvalue weighted by atomic mass is 10.0. The number of halogens is 3. The Bertz CT molecular complexity index is 1390. The van der Waals surface area contributed by atoms with Crippen molar-refractivity contribution in [3.05, 3.63) is 70.4 Å². The average molecular weight is 483 g/mol. The van der Waals surface area contributed by atoms with Crippen molar-refractivity contribution < 1.29 is 27.5 Å². The maximum absolute atomic E-state index is 13.7. The lowest BCUT2D eigenvalue weighted by molar-refractivity contribution is -0.139. The molecule has 2 aliphatic rings. The highest BCUT2D eigenvalue weighted by atomic mass is 19.4. The first kappa shape index (κ1) is 22.6. The van der Waals surface area contributed by atoms with Gasteiger partial charge in [0, 0.05) is 24.5 Å². The van der Waals surface area contributed by atoms with Gasteiger partial charge in [-0.05, 0) is 55.2 Å². The van der Waals surface area contributed by atoms with E-state index in [9.17, 15) is 22.8 Å². The van der Waals surface area contributed by atoms with Gasteiger partial charge in [0.15, 0.2) is 0 Å². The summed E-state index contributed by atoms with van der Waals surface area (Å²) in [7, 11) is 1.68. The molecule has 1 aliphatic heterocycles. The van der Waals surface area contributed by atoms with Crippen LogP contribution in [0.25, 0.3) is 0 Å². The number of aromatic nitrogens is 2. The molecular weight excluding hydrogens is 463 g/mol. The molecule has 3 N–H and O–H groups in total. The van der Waals surface area contributed by atoms with Gasteiger partial charge in [0.1, 0.15) is 11.3 Å². The molecule has 1 aliphatic carbocycles. The van der Waals surface area contributed by atoms with E-state index in [2.05, 4.69) is 15.3 Å². The highest BCUT2D eigenvalue weighted by molar-refractivity contribution is 6.03. The molecule has 0 bridgehead atoms. The number of nitrogens with one attached hydrogen (secondary N) is 1. The minimum absolute atomic E-state index is 0.0000643. The summed E-state index contributed by atoms with van der Waals surface area (Å²) in [5.74, 6) is -1.80. The molecule has 35 heavy (non-hydrogen) atoms. The van der Waals surface area contributed by atoms with Crippen molar-refractivity contribution in [1.29, 1.82) is 0 Å². The van der Waals surface area contributed by atoms with Gasteiger partial charge in [-0.2, -0.15) is 18.2 Å². The molecule has 8 nitrogen and oxygen atoms in total. The molecule has 11 heteroatoms. The molecule has 2 heterocycles. The Morgan fingerprint density at radius 3 is 2.60 bits per heavy atom. The number of rotatable bonds is 5. The molecule has 2 aromatic carbocycles. The highest BCUT2D eigenvalue weighted by Crippen LogP contribution is 2.57. The smallest absolute Gasteiger partial charge is 0.423 e. The van der Waals surface area contributed by atoms with Crippen LogP contribution in [0.3, 0.4) is 0 Å². The summed E-state index contributed by atoms with van der Waals surface area (Å²) >= 11 is 0. The number of alkyl halides is 3. The number of ether oxygens (including phenoxy) is 1.